The zero-order valence-electron chi connectivity index (χ0n) is 17.5. The molecule has 2 aromatic heterocycles. The van der Waals surface area contributed by atoms with Gasteiger partial charge in [0.2, 0.25) is 10.0 Å². The van der Waals surface area contributed by atoms with E-state index < -0.39 is 16.0 Å². The van der Waals surface area contributed by atoms with Crippen LogP contribution in [-0.2, 0) is 23.1 Å². The molecule has 2 aliphatic rings. The van der Waals surface area contributed by atoms with Crippen LogP contribution >= 0.6 is 0 Å². The average Bonchev–Trinajstić information content (AvgIpc) is 3.39. The average molecular weight is 451 g/mol. The molecule has 164 valence electrons. The van der Waals surface area contributed by atoms with Gasteiger partial charge in [0.1, 0.15) is 0 Å². The summed E-state index contributed by atoms with van der Waals surface area (Å²) in [6.45, 7) is 1.59. The summed E-state index contributed by atoms with van der Waals surface area (Å²) in [7, 11) is -3.55. The second-order valence-electron chi connectivity index (χ2n) is 8.73. The third-order valence-electron chi connectivity index (χ3n) is 6.44. The van der Waals surface area contributed by atoms with Crippen molar-refractivity contribution in [3.8, 4) is 11.5 Å². The number of carbonyl (C=O) groups is 1. The molecular formula is C23H22N4O4S. The summed E-state index contributed by atoms with van der Waals surface area (Å²) < 4.78 is 30.5. The number of anilines is 1. The zero-order chi connectivity index (χ0) is 22.2. The van der Waals surface area contributed by atoms with Gasteiger partial charge in [-0.25, -0.2) is 18.2 Å². The van der Waals surface area contributed by atoms with E-state index in [1.807, 2.05) is 16.7 Å². The molecule has 0 bridgehead atoms. The molecule has 2 aromatic carbocycles. The monoisotopic (exact) mass is 450 g/mol. The van der Waals surface area contributed by atoms with Crippen molar-refractivity contribution in [3.05, 3.63) is 48.0 Å². The number of hydrogen-bond donors (Lipinski definition) is 1. The van der Waals surface area contributed by atoms with Crippen LogP contribution in [0.2, 0.25) is 0 Å². The lowest BCUT2D eigenvalue weighted by molar-refractivity contribution is 0.0697. The number of imidazole rings is 1. The fourth-order valence-corrected chi connectivity index (χ4v) is 5.69. The topological polar surface area (TPSA) is 97.4 Å². The van der Waals surface area contributed by atoms with Gasteiger partial charge in [-0.2, -0.15) is 0 Å². The number of carboxylic acids is 1. The van der Waals surface area contributed by atoms with E-state index in [-0.39, 0.29) is 12.1 Å². The maximum atomic E-state index is 12.4. The molecule has 1 aliphatic carbocycles. The maximum absolute atomic E-state index is 12.4. The molecular weight excluding hydrogens is 428 g/mol. The van der Waals surface area contributed by atoms with Gasteiger partial charge in [-0.15, -0.1) is 0 Å². The summed E-state index contributed by atoms with van der Waals surface area (Å²) >= 11 is 0. The molecule has 0 atom stereocenters. The normalized spacial score (nSPS) is 16.2. The molecule has 8 nitrogen and oxygen atoms in total. The number of aromatic nitrogens is 3. The number of sulfonamides is 1. The fraction of sp³-hybridized carbons (Fsp3) is 0.304. The molecule has 32 heavy (non-hydrogen) atoms. The van der Waals surface area contributed by atoms with Crippen molar-refractivity contribution in [3.63, 3.8) is 0 Å². The summed E-state index contributed by atoms with van der Waals surface area (Å²) in [6.07, 6.45) is 3.59. The van der Waals surface area contributed by atoms with Crippen molar-refractivity contribution in [2.45, 2.75) is 25.9 Å². The predicted molar refractivity (Wildman–Crippen MR) is 123 cm³/mol. The number of rotatable bonds is 5. The first-order valence-corrected chi connectivity index (χ1v) is 12.5. The summed E-state index contributed by atoms with van der Waals surface area (Å²) in [5, 5.41) is 10.7. The van der Waals surface area contributed by atoms with E-state index >= 15 is 0 Å². The predicted octanol–water partition coefficient (Wildman–Crippen LogP) is 3.55. The molecule has 0 radical (unpaired) electrons. The van der Waals surface area contributed by atoms with Crippen molar-refractivity contribution >= 4 is 43.6 Å². The zero-order valence-corrected chi connectivity index (χ0v) is 18.3. The number of aromatic carboxylic acids is 1. The summed E-state index contributed by atoms with van der Waals surface area (Å²) in [6, 6.07) is 13.3. The van der Waals surface area contributed by atoms with Crippen LogP contribution in [0.25, 0.3) is 33.5 Å². The molecule has 0 spiro atoms. The van der Waals surface area contributed by atoms with E-state index in [1.54, 1.807) is 0 Å². The van der Waals surface area contributed by atoms with E-state index in [4.69, 9.17) is 4.98 Å². The first-order valence-electron chi connectivity index (χ1n) is 10.6. The highest BCUT2D eigenvalue weighted by molar-refractivity contribution is 7.92. The van der Waals surface area contributed by atoms with Crippen LogP contribution in [-0.4, -0.2) is 46.4 Å². The lowest BCUT2D eigenvalue weighted by Crippen LogP contribution is -2.36. The van der Waals surface area contributed by atoms with Crippen LogP contribution in [0.3, 0.4) is 0 Å². The van der Waals surface area contributed by atoms with Gasteiger partial charge in [0.15, 0.2) is 5.82 Å². The van der Waals surface area contributed by atoms with Crippen molar-refractivity contribution < 1.29 is 18.3 Å². The molecule has 6 rings (SSSR count). The molecule has 1 saturated carbocycles. The molecule has 1 N–H and O–H groups in total. The second kappa shape index (κ2) is 6.59. The fourth-order valence-electron chi connectivity index (χ4n) is 4.78. The highest BCUT2D eigenvalue weighted by atomic mass is 32.2. The highest BCUT2D eigenvalue weighted by Gasteiger charge is 2.31. The van der Waals surface area contributed by atoms with E-state index in [1.165, 1.54) is 29.3 Å². The number of carboxylic acid groups (broad SMARTS) is 1. The first-order chi connectivity index (χ1) is 15.3. The van der Waals surface area contributed by atoms with Crippen LogP contribution < -0.4 is 4.31 Å². The largest absolute Gasteiger partial charge is 0.478 e. The Labute approximate surface area is 184 Å². The van der Waals surface area contributed by atoms with E-state index in [9.17, 15) is 18.3 Å². The Kier molecular flexibility index (Phi) is 3.98. The van der Waals surface area contributed by atoms with Crippen LogP contribution in [0, 0.1) is 5.92 Å². The lowest BCUT2D eigenvalue weighted by atomic mass is 10.1. The van der Waals surface area contributed by atoms with Crippen molar-refractivity contribution in [2.75, 3.05) is 17.1 Å². The smallest absolute Gasteiger partial charge is 0.335 e. The maximum Gasteiger partial charge on any atom is 0.335 e. The van der Waals surface area contributed by atoms with Gasteiger partial charge in [-0.1, -0.05) is 18.2 Å². The quantitative estimate of drug-likeness (QED) is 0.502. The van der Waals surface area contributed by atoms with E-state index in [0.717, 1.165) is 35.2 Å². The van der Waals surface area contributed by atoms with Gasteiger partial charge in [0, 0.05) is 24.0 Å². The molecule has 9 heteroatoms. The molecule has 1 aliphatic heterocycles. The van der Waals surface area contributed by atoms with Gasteiger partial charge in [-0.05, 0) is 43.0 Å². The summed E-state index contributed by atoms with van der Waals surface area (Å²) in [4.78, 5) is 16.6. The van der Waals surface area contributed by atoms with Crippen LogP contribution in [0.1, 0.15) is 23.2 Å². The molecule has 0 unspecified atom stereocenters. The second-order valence-corrected chi connectivity index (χ2v) is 10.6. The SMILES string of the molecule is CS(=O)(=O)N1CCn2c(-c3cc4ccccc4n3CC3CC3)nc3cc(C(=O)O)cc1c32. The van der Waals surface area contributed by atoms with Gasteiger partial charge in [-0.3, -0.25) is 4.31 Å². The Balaban J connectivity index is 1.65. The van der Waals surface area contributed by atoms with Crippen LogP contribution in [0.4, 0.5) is 5.69 Å². The standard InChI is InChI=1S/C23H22N4O4S/c1-32(30,31)27-9-8-25-21-17(10-16(23(28)29)12-19(21)27)24-22(25)20-11-15-4-2-3-5-18(15)26(20)13-14-6-7-14/h2-5,10-12,14H,6-9,13H2,1H3,(H,28,29). The Hall–Kier alpha value is -3.33. The van der Waals surface area contributed by atoms with Gasteiger partial charge < -0.3 is 14.2 Å². The Bertz CT molecular complexity index is 1530. The third-order valence-corrected chi connectivity index (χ3v) is 7.62. The summed E-state index contributed by atoms with van der Waals surface area (Å²) in [5.41, 5.74) is 3.67. The number of para-hydroxylation sites is 1. The summed E-state index contributed by atoms with van der Waals surface area (Å²) in [5.74, 6) is 0.292. The lowest BCUT2D eigenvalue weighted by Gasteiger charge is -2.29. The Morgan fingerprint density at radius 1 is 1.16 bits per heavy atom. The Morgan fingerprint density at radius 2 is 1.94 bits per heavy atom. The minimum Gasteiger partial charge on any atom is -0.478 e. The van der Waals surface area contributed by atoms with E-state index in [2.05, 4.69) is 22.8 Å². The molecule has 1 fully saturated rings. The number of hydrogen-bond acceptors (Lipinski definition) is 4. The van der Waals surface area contributed by atoms with Gasteiger partial charge in [0.25, 0.3) is 0 Å². The van der Waals surface area contributed by atoms with Crippen molar-refractivity contribution in [2.24, 2.45) is 5.92 Å². The number of nitrogens with zero attached hydrogens (tertiary/aromatic N) is 4. The number of fused-ring (bicyclic) bond motifs is 1. The molecule has 0 amide bonds. The number of benzene rings is 2. The molecule has 0 saturated heterocycles. The first kappa shape index (κ1) is 19.4. The van der Waals surface area contributed by atoms with Gasteiger partial charge >= 0.3 is 5.97 Å². The molecule has 4 aromatic rings. The third kappa shape index (κ3) is 2.91. The molecule has 3 heterocycles. The van der Waals surface area contributed by atoms with Gasteiger partial charge in [0.05, 0.1) is 40.8 Å². The Morgan fingerprint density at radius 3 is 2.66 bits per heavy atom. The minimum atomic E-state index is -3.55. The highest BCUT2D eigenvalue weighted by Crippen LogP contribution is 2.40. The van der Waals surface area contributed by atoms with E-state index in [0.29, 0.717) is 29.2 Å². The van der Waals surface area contributed by atoms with Crippen molar-refractivity contribution in [1.29, 1.82) is 0 Å². The van der Waals surface area contributed by atoms with Crippen LogP contribution in [0.5, 0.6) is 0 Å². The van der Waals surface area contributed by atoms with Crippen LogP contribution in [0.15, 0.2) is 42.5 Å². The van der Waals surface area contributed by atoms with Crippen molar-refractivity contribution in [1.82, 2.24) is 14.1 Å². The minimum absolute atomic E-state index is 0.0257.